The van der Waals surface area contributed by atoms with E-state index in [1.165, 1.54) is 0 Å². The van der Waals surface area contributed by atoms with Crippen LogP contribution in [0.4, 0.5) is 5.69 Å². The first-order valence-electron chi connectivity index (χ1n) is 7.59. The number of carbonyl (C=O) groups excluding carboxylic acids is 1. The van der Waals surface area contributed by atoms with Gasteiger partial charge in [0.25, 0.3) is 0 Å². The van der Waals surface area contributed by atoms with Crippen molar-refractivity contribution in [2.75, 3.05) is 18.5 Å². The van der Waals surface area contributed by atoms with Gasteiger partial charge in [-0.15, -0.1) is 0 Å². The number of rotatable bonds is 8. The predicted octanol–water partition coefficient (Wildman–Crippen LogP) is 4.65. The highest BCUT2D eigenvalue weighted by Gasteiger charge is 2.07. The molecule has 2 aromatic carbocycles. The molecule has 5 heteroatoms. The van der Waals surface area contributed by atoms with Gasteiger partial charge in [0.15, 0.2) is 0 Å². The maximum absolute atomic E-state index is 12.0. The van der Waals surface area contributed by atoms with Crippen molar-refractivity contribution in [2.24, 2.45) is 0 Å². The summed E-state index contributed by atoms with van der Waals surface area (Å²) in [6.45, 7) is 2.97. The molecule has 0 bridgehead atoms. The topological polar surface area (TPSA) is 47.6 Å². The van der Waals surface area contributed by atoms with Gasteiger partial charge in [-0.3, -0.25) is 4.79 Å². The van der Waals surface area contributed by atoms with Gasteiger partial charge in [0.05, 0.1) is 23.4 Å². The smallest absolute Gasteiger partial charge is 0.224 e. The summed E-state index contributed by atoms with van der Waals surface area (Å²) in [7, 11) is 0. The number of amides is 1. The molecule has 2 aromatic rings. The molecule has 0 saturated carbocycles. The van der Waals surface area contributed by atoms with Crippen molar-refractivity contribution in [1.29, 1.82) is 0 Å². The molecule has 0 aliphatic rings. The molecule has 4 nitrogen and oxygen atoms in total. The molecule has 0 fully saturated rings. The van der Waals surface area contributed by atoms with E-state index in [1.54, 1.807) is 0 Å². The molecule has 0 aromatic heterocycles. The van der Waals surface area contributed by atoms with Crippen molar-refractivity contribution < 1.29 is 14.3 Å². The molecule has 0 unspecified atom stereocenters. The maximum atomic E-state index is 12.0. The Morgan fingerprint density at radius 1 is 1.04 bits per heavy atom. The molecule has 1 amide bonds. The Bertz CT molecular complexity index is 646. The molecule has 0 aliphatic heterocycles. The fourth-order valence-electron chi connectivity index (χ4n) is 2.04. The summed E-state index contributed by atoms with van der Waals surface area (Å²) in [5.41, 5.74) is 0.700. The van der Waals surface area contributed by atoms with Gasteiger partial charge in [0, 0.05) is 6.42 Å². The van der Waals surface area contributed by atoms with Crippen LogP contribution in [0.2, 0.25) is 0 Å². The van der Waals surface area contributed by atoms with Crippen molar-refractivity contribution in [3.05, 3.63) is 53.0 Å². The number of halogens is 1. The highest BCUT2D eigenvalue weighted by Crippen LogP contribution is 2.25. The Kier molecular flexibility index (Phi) is 6.94. The van der Waals surface area contributed by atoms with Crippen LogP contribution in [0, 0.1) is 0 Å². The van der Waals surface area contributed by atoms with E-state index in [-0.39, 0.29) is 5.91 Å². The van der Waals surface area contributed by atoms with E-state index in [0.717, 1.165) is 10.2 Å². The number of carbonyl (C=O) groups is 1. The molecule has 23 heavy (non-hydrogen) atoms. The monoisotopic (exact) mass is 377 g/mol. The number of benzene rings is 2. The van der Waals surface area contributed by atoms with Crippen molar-refractivity contribution in [3.63, 3.8) is 0 Å². The number of hydrogen-bond donors (Lipinski definition) is 1. The van der Waals surface area contributed by atoms with E-state index in [1.807, 2.05) is 55.5 Å². The third-order valence-electron chi connectivity index (χ3n) is 3.10. The predicted molar refractivity (Wildman–Crippen MR) is 95.1 cm³/mol. The van der Waals surface area contributed by atoms with Gasteiger partial charge in [0.1, 0.15) is 11.5 Å². The average Bonchev–Trinajstić information content (AvgIpc) is 2.55. The van der Waals surface area contributed by atoms with Gasteiger partial charge in [-0.05, 0) is 53.5 Å². The van der Waals surface area contributed by atoms with Crippen LogP contribution in [0.25, 0.3) is 0 Å². The third kappa shape index (κ3) is 5.60. The van der Waals surface area contributed by atoms with Crippen molar-refractivity contribution >= 4 is 27.5 Å². The van der Waals surface area contributed by atoms with Crippen LogP contribution >= 0.6 is 15.9 Å². The zero-order valence-corrected chi connectivity index (χ0v) is 14.6. The van der Waals surface area contributed by atoms with Crippen LogP contribution in [0.15, 0.2) is 53.0 Å². The molecule has 1 N–H and O–H groups in total. The fraction of sp³-hybridized carbons (Fsp3) is 0.278. The summed E-state index contributed by atoms with van der Waals surface area (Å²) in [6, 6.07) is 15.1. The molecule has 0 saturated heterocycles. The third-order valence-corrected chi connectivity index (χ3v) is 3.76. The first kappa shape index (κ1) is 17.3. The number of hydrogen-bond acceptors (Lipinski definition) is 3. The molecule has 2 rings (SSSR count). The Morgan fingerprint density at radius 3 is 2.48 bits per heavy atom. The first-order chi connectivity index (χ1) is 11.2. The summed E-state index contributed by atoms with van der Waals surface area (Å²) in [5, 5.41) is 2.88. The lowest BCUT2D eigenvalue weighted by molar-refractivity contribution is -0.116. The second kappa shape index (κ2) is 9.20. The van der Waals surface area contributed by atoms with E-state index in [0.29, 0.717) is 37.5 Å². The average molecular weight is 378 g/mol. The van der Waals surface area contributed by atoms with E-state index in [9.17, 15) is 4.79 Å². The molecule has 0 heterocycles. The Hall–Kier alpha value is -2.01. The molecule has 0 spiro atoms. The molecule has 122 valence electrons. The lowest BCUT2D eigenvalue weighted by atomic mass is 10.2. The van der Waals surface area contributed by atoms with E-state index in [4.69, 9.17) is 9.47 Å². The summed E-state index contributed by atoms with van der Waals surface area (Å²) in [5.74, 6) is 1.43. The Labute approximate surface area is 144 Å². The van der Waals surface area contributed by atoms with Gasteiger partial charge >= 0.3 is 0 Å². The van der Waals surface area contributed by atoms with Gasteiger partial charge < -0.3 is 14.8 Å². The minimum absolute atomic E-state index is 0.0483. The van der Waals surface area contributed by atoms with Crippen LogP contribution in [-0.2, 0) is 4.79 Å². The standard InChI is InChI=1S/C18H20BrNO3/c1-2-22-17-11-6-4-9-15(17)20-18(21)12-7-13-23-16-10-5-3-8-14(16)19/h3-6,8-11H,2,7,12-13H2,1H3,(H,20,21). The Morgan fingerprint density at radius 2 is 1.74 bits per heavy atom. The zero-order chi connectivity index (χ0) is 16.5. The number of para-hydroxylation sites is 3. The second-order valence-corrected chi connectivity index (χ2v) is 5.71. The van der Waals surface area contributed by atoms with Crippen LogP contribution < -0.4 is 14.8 Å². The second-order valence-electron chi connectivity index (χ2n) is 4.86. The van der Waals surface area contributed by atoms with E-state index >= 15 is 0 Å². The van der Waals surface area contributed by atoms with Crippen molar-refractivity contribution in [3.8, 4) is 11.5 Å². The SMILES string of the molecule is CCOc1ccccc1NC(=O)CCCOc1ccccc1Br. The quantitative estimate of drug-likeness (QED) is 0.681. The number of anilines is 1. The van der Waals surface area contributed by atoms with Gasteiger partial charge in [-0.25, -0.2) is 0 Å². The van der Waals surface area contributed by atoms with E-state index < -0.39 is 0 Å². The number of ether oxygens (including phenoxy) is 2. The van der Waals surface area contributed by atoms with Gasteiger partial charge in [-0.2, -0.15) is 0 Å². The van der Waals surface area contributed by atoms with Gasteiger partial charge in [0.2, 0.25) is 5.91 Å². The highest BCUT2D eigenvalue weighted by atomic mass is 79.9. The fourth-order valence-corrected chi connectivity index (χ4v) is 2.44. The van der Waals surface area contributed by atoms with Crippen molar-refractivity contribution in [2.45, 2.75) is 19.8 Å². The van der Waals surface area contributed by atoms with Crippen molar-refractivity contribution in [1.82, 2.24) is 0 Å². The van der Waals surface area contributed by atoms with E-state index in [2.05, 4.69) is 21.2 Å². The number of nitrogens with one attached hydrogen (secondary N) is 1. The summed E-state index contributed by atoms with van der Waals surface area (Å²) < 4.78 is 12.1. The van der Waals surface area contributed by atoms with Crippen LogP contribution in [0.3, 0.4) is 0 Å². The Balaban J connectivity index is 1.76. The maximum Gasteiger partial charge on any atom is 0.224 e. The summed E-state index contributed by atoms with van der Waals surface area (Å²) >= 11 is 3.43. The molecule has 0 radical (unpaired) electrons. The largest absolute Gasteiger partial charge is 0.492 e. The normalized spacial score (nSPS) is 10.2. The summed E-state index contributed by atoms with van der Waals surface area (Å²) in [6.07, 6.45) is 1.04. The first-order valence-corrected chi connectivity index (χ1v) is 8.39. The lowest BCUT2D eigenvalue weighted by Gasteiger charge is -2.11. The molecular formula is C18H20BrNO3. The van der Waals surface area contributed by atoms with Crippen LogP contribution in [0.5, 0.6) is 11.5 Å². The van der Waals surface area contributed by atoms with Gasteiger partial charge in [-0.1, -0.05) is 24.3 Å². The lowest BCUT2D eigenvalue weighted by Crippen LogP contribution is -2.13. The molecule has 0 atom stereocenters. The minimum Gasteiger partial charge on any atom is -0.492 e. The minimum atomic E-state index is -0.0483. The van der Waals surface area contributed by atoms with Crippen LogP contribution in [-0.4, -0.2) is 19.1 Å². The van der Waals surface area contributed by atoms with Crippen LogP contribution in [0.1, 0.15) is 19.8 Å². The zero-order valence-electron chi connectivity index (χ0n) is 13.0. The molecule has 0 aliphatic carbocycles. The summed E-state index contributed by atoms with van der Waals surface area (Å²) in [4.78, 5) is 12.0. The highest BCUT2D eigenvalue weighted by molar-refractivity contribution is 9.10. The molecular weight excluding hydrogens is 358 g/mol.